The first kappa shape index (κ1) is 14.4. The van der Waals surface area contributed by atoms with Gasteiger partial charge in [0.25, 0.3) is 5.56 Å². The zero-order valence-electron chi connectivity index (χ0n) is 11.7. The van der Waals surface area contributed by atoms with Crippen LogP contribution in [0.5, 0.6) is 0 Å². The minimum Gasteiger partial charge on any atom is -0.277 e. The first-order chi connectivity index (χ1) is 10.4. The lowest BCUT2D eigenvalue weighted by molar-refractivity contribution is -0.137. The van der Waals surface area contributed by atoms with Crippen molar-refractivity contribution in [2.45, 2.75) is 13.1 Å². The van der Waals surface area contributed by atoms with Crippen molar-refractivity contribution in [3.8, 4) is 5.69 Å². The van der Waals surface area contributed by atoms with Crippen molar-refractivity contribution in [2.24, 2.45) is 0 Å². The number of benzene rings is 2. The van der Waals surface area contributed by atoms with Crippen LogP contribution in [0.3, 0.4) is 0 Å². The molecule has 0 bridgehead atoms. The summed E-state index contributed by atoms with van der Waals surface area (Å²) >= 11 is 0. The topological polar surface area (TPSA) is 22.0 Å². The number of aromatic nitrogens is 1. The summed E-state index contributed by atoms with van der Waals surface area (Å²) in [5.41, 5.74) is 0.918. The van der Waals surface area contributed by atoms with Crippen molar-refractivity contribution < 1.29 is 13.2 Å². The first-order valence-electron chi connectivity index (χ1n) is 6.67. The molecule has 0 aliphatic rings. The summed E-state index contributed by atoms with van der Waals surface area (Å²) in [6.45, 7) is 1.83. The minimum absolute atomic E-state index is 0.268. The van der Waals surface area contributed by atoms with Crippen molar-refractivity contribution in [3.05, 3.63) is 76.1 Å². The highest BCUT2D eigenvalue weighted by Gasteiger charge is 2.30. The lowest BCUT2D eigenvalue weighted by Gasteiger charge is -2.13. The van der Waals surface area contributed by atoms with E-state index < -0.39 is 11.7 Å². The molecule has 0 N–H and O–H groups in total. The van der Waals surface area contributed by atoms with Gasteiger partial charge in [0.1, 0.15) is 0 Å². The maximum absolute atomic E-state index is 12.6. The molecular formula is C17H12F3NO. The summed E-state index contributed by atoms with van der Waals surface area (Å²) in [4.78, 5) is 12.3. The van der Waals surface area contributed by atoms with E-state index >= 15 is 0 Å². The summed E-state index contributed by atoms with van der Waals surface area (Å²) in [5.74, 6) is 0. The van der Waals surface area contributed by atoms with E-state index in [1.54, 1.807) is 12.1 Å². The van der Waals surface area contributed by atoms with Gasteiger partial charge in [0.05, 0.1) is 11.1 Å². The zero-order valence-corrected chi connectivity index (χ0v) is 11.7. The molecule has 0 aliphatic heterocycles. The monoisotopic (exact) mass is 303 g/mol. The van der Waals surface area contributed by atoms with E-state index in [-0.39, 0.29) is 5.56 Å². The second kappa shape index (κ2) is 5.02. The standard InChI is InChI=1S/C17H12F3NO/c1-11-10-16(22)21(15-5-3-2-4-14(11)15)13-8-6-12(7-9-13)17(18,19)20/h2-10H,1H3. The van der Waals surface area contributed by atoms with Crippen LogP contribution in [0, 0.1) is 6.92 Å². The zero-order chi connectivity index (χ0) is 15.9. The quantitative estimate of drug-likeness (QED) is 0.656. The number of rotatable bonds is 1. The van der Waals surface area contributed by atoms with E-state index in [0.717, 1.165) is 23.1 Å². The molecule has 2 nitrogen and oxygen atoms in total. The van der Waals surface area contributed by atoms with Crippen LogP contribution in [0.15, 0.2) is 59.4 Å². The van der Waals surface area contributed by atoms with E-state index in [1.165, 1.54) is 22.8 Å². The van der Waals surface area contributed by atoms with Gasteiger partial charge in [-0.3, -0.25) is 9.36 Å². The number of alkyl halides is 3. The first-order valence-corrected chi connectivity index (χ1v) is 6.67. The molecule has 1 aromatic heterocycles. The van der Waals surface area contributed by atoms with E-state index in [1.807, 2.05) is 19.1 Å². The van der Waals surface area contributed by atoms with Gasteiger partial charge in [-0.05, 0) is 42.8 Å². The fourth-order valence-electron chi connectivity index (χ4n) is 2.51. The molecule has 0 atom stereocenters. The fraction of sp³-hybridized carbons (Fsp3) is 0.118. The van der Waals surface area contributed by atoms with Crippen molar-refractivity contribution >= 4 is 10.9 Å². The predicted molar refractivity (Wildman–Crippen MR) is 79.3 cm³/mol. The maximum atomic E-state index is 12.6. The Morgan fingerprint density at radius 3 is 2.23 bits per heavy atom. The lowest BCUT2D eigenvalue weighted by Crippen LogP contribution is -2.18. The molecular weight excluding hydrogens is 291 g/mol. The van der Waals surface area contributed by atoms with Crippen LogP contribution >= 0.6 is 0 Å². The van der Waals surface area contributed by atoms with Crippen LogP contribution in [0.4, 0.5) is 13.2 Å². The number of aryl methyl sites for hydroxylation is 1. The van der Waals surface area contributed by atoms with Gasteiger partial charge in [0.15, 0.2) is 0 Å². The molecule has 0 aliphatic carbocycles. The number of halogens is 3. The van der Waals surface area contributed by atoms with E-state index in [2.05, 4.69) is 0 Å². The molecule has 2 aromatic carbocycles. The van der Waals surface area contributed by atoms with Crippen LogP contribution < -0.4 is 5.56 Å². The summed E-state index contributed by atoms with van der Waals surface area (Å²) in [7, 11) is 0. The number of nitrogens with zero attached hydrogens (tertiary/aromatic N) is 1. The Labute approximate surface area is 124 Å². The Morgan fingerprint density at radius 2 is 1.59 bits per heavy atom. The summed E-state index contributed by atoms with van der Waals surface area (Å²) in [6.07, 6.45) is -4.39. The second-order valence-corrected chi connectivity index (χ2v) is 5.06. The van der Waals surface area contributed by atoms with Crippen molar-refractivity contribution in [1.82, 2.24) is 4.57 Å². The molecule has 22 heavy (non-hydrogen) atoms. The fourth-order valence-corrected chi connectivity index (χ4v) is 2.51. The molecule has 1 heterocycles. The SMILES string of the molecule is Cc1cc(=O)n(-c2ccc(C(F)(F)F)cc2)c2ccccc12. The molecule has 0 spiro atoms. The Bertz CT molecular complexity index is 892. The smallest absolute Gasteiger partial charge is 0.277 e. The average Bonchev–Trinajstić information content (AvgIpc) is 2.47. The third-order valence-electron chi connectivity index (χ3n) is 3.58. The molecule has 112 valence electrons. The number of hydrogen-bond donors (Lipinski definition) is 0. The number of hydrogen-bond acceptors (Lipinski definition) is 1. The van der Waals surface area contributed by atoms with Gasteiger partial charge in [0, 0.05) is 17.1 Å². The van der Waals surface area contributed by atoms with Crippen LogP contribution in [0.25, 0.3) is 16.6 Å². The normalized spacial score (nSPS) is 11.8. The van der Waals surface area contributed by atoms with Crippen LogP contribution in [-0.2, 0) is 6.18 Å². The number of para-hydroxylation sites is 1. The van der Waals surface area contributed by atoms with Gasteiger partial charge in [0.2, 0.25) is 0 Å². The van der Waals surface area contributed by atoms with E-state index in [9.17, 15) is 18.0 Å². The molecule has 3 rings (SSSR count). The van der Waals surface area contributed by atoms with Gasteiger partial charge in [-0.25, -0.2) is 0 Å². The molecule has 0 unspecified atom stereocenters. The Hall–Kier alpha value is -2.56. The van der Waals surface area contributed by atoms with Crippen molar-refractivity contribution in [1.29, 1.82) is 0 Å². The highest BCUT2D eigenvalue weighted by Crippen LogP contribution is 2.30. The second-order valence-electron chi connectivity index (χ2n) is 5.06. The molecule has 0 saturated carbocycles. The number of pyridine rings is 1. The Balaban J connectivity index is 2.25. The maximum Gasteiger partial charge on any atom is 0.416 e. The highest BCUT2D eigenvalue weighted by atomic mass is 19.4. The third kappa shape index (κ3) is 2.39. The summed E-state index contributed by atoms with van der Waals surface area (Å²) in [5, 5.41) is 0.891. The van der Waals surface area contributed by atoms with E-state index in [0.29, 0.717) is 11.2 Å². The van der Waals surface area contributed by atoms with Crippen LogP contribution in [0.1, 0.15) is 11.1 Å². The number of fused-ring (bicyclic) bond motifs is 1. The molecule has 0 amide bonds. The van der Waals surface area contributed by atoms with Gasteiger partial charge >= 0.3 is 6.18 Å². The average molecular weight is 303 g/mol. The molecule has 0 saturated heterocycles. The molecule has 5 heteroatoms. The van der Waals surface area contributed by atoms with Crippen molar-refractivity contribution in [3.63, 3.8) is 0 Å². The molecule has 3 aromatic rings. The Kier molecular flexibility index (Phi) is 3.28. The Morgan fingerprint density at radius 1 is 0.955 bits per heavy atom. The van der Waals surface area contributed by atoms with Crippen molar-refractivity contribution in [2.75, 3.05) is 0 Å². The van der Waals surface area contributed by atoms with Gasteiger partial charge in [-0.2, -0.15) is 13.2 Å². The van der Waals surface area contributed by atoms with E-state index in [4.69, 9.17) is 0 Å². The van der Waals surface area contributed by atoms with Gasteiger partial charge < -0.3 is 0 Å². The minimum atomic E-state index is -4.39. The van der Waals surface area contributed by atoms with Crippen LogP contribution in [0.2, 0.25) is 0 Å². The van der Waals surface area contributed by atoms with Gasteiger partial charge in [-0.15, -0.1) is 0 Å². The highest BCUT2D eigenvalue weighted by molar-refractivity contribution is 5.83. The van der Waals surface area contributed by atoms with Crippen LogP contribution in [-0.4, -0.2) is 4.57 Å². The predicted octanol–water partition coefficient (Wildman–Crippen LogP) is 4.32. The summed E-state index contributed by atoms with van der Waals surface area (Å²) in [6, 6.07) is 13.4. The lowest BCUT2D eigenvalue weighted by atomic mass is 10.1. The summed E-state index contributed by atoms with van der Waals surface area (Å²) < 4.78 is 39.3. The largest absolute Gasteiger partial charge is 0.416 e. The molecule has 0 fully saturated rings. The third-order valence-corrected chi connectivity index (χ3v) is 3.58. The molecule has 0 radical (unpaired) electrons. The van der Waals surface area contributed by atoms with Gasteiger partial charge in [-0.1, -0.05) is 18.2 Å².